The fraction of sp³-hybridized carbons (Fsp3) is 0.395. The van der Waals surface area contributed by atoms with Gasteiger partial charge in [0.05, 0.1) is 21.4 Å². The average molecular weight is 751 g/mol. The maximum Gasteiger partial charge on any atom is 0.345 e. The zero-order chi connectivity index (χ0) is 36.2. The standard InChI is InChI=1S/C38H40ClFN4O7S/c1-23-26(9-10-28(34(23)39)48-19-17-44-15-13-43(2)14-16-44)32-33-36(41-22-42-37(33)52-35(32)29-11-12-31(40)50-29)51-30(38(45)46)20-24-6-3-4-8-27(24)49-21-25-7-5-18-47-25/h3-4,6,8-12,22,25,30H,5,7,13-21H2,1-2H3,(H,45,46)/t25-,30-/m1/s1. The Kier molecular flexibility index (Phi) is 11.2. The lowest BCUT2D eigenvalue weighted by molar-refractivity contribution is -0.145. The van der Waals surface area contributed by atoms with Crippen LogP contribution in [0.5, 0.6) is 17.4 Å². The number of piperazine rings is 1. The van der Waals surface area contributed by atoms with Crippen LogP contribution in [0.15, 0.2) is 59.3 Å². The van der Waals surface area contributed by atoms with Crippen molar-refractivity contribution in [2.24, 2.45) is 0 Å². The largest absolute Gasteiger partial charge is 0.491 e. The molecule has 11 nitrogen and oxygen atoms in total. The Labute approximate surface area is 309 Å². The number of carboxylic acid groups (broad SMARTS) is 1. The first kappa shape index (κ1) is 36.1. The minimum absolute atomic E-state index is 0.00221. The van der Waals surface area contributed by atoms with Crippen LogP contribution >= 0.6 is 22.9 Å². The second-order valence-electron chi connectivity index (χ2n) is 13.0. The Morgan fingerprint density at radius 2 is 1.92 bits per heavy atom. The van der Waals surface area contributed by atoms with E-state index in [4.69, 9.17) is 35.0 Å². The molecule has 0 aliphatic carbocycles. The first-order valence-corrected chi connectivity index (χ1v) is 18.5. The summed E-state index contributed by atoms with van der Waals surface area (Å²) in [6, 6.07) is 13.0. The number of halogens is 2. The number of benzene rings is 2. The highest BCUT2D eigenvalue weighted by Gasteiger charge is 2.29. The second-order valence-corrected chi connectivity index (χ2v) is 14.4. The van der Waals surface area contributed by atoms with Crippen LogP contribution in [0.25, 0.3) is 32.0 Å². The van der Waals surface area contributed by atoms with Crippen LogP contribution in [0.1, 0.15) is 24.0 Å². The van der Waals surface area contributed by atoms with Gasteiger partial charge in [0.15, 0.2) is 0 Å². The van der Waals surface area contributed by atoms with Crippen molar-refractivity contribution in [3.8, 4) is 39.1 Å². The molecule has 0 amide bonds. The third kappa shape index (κ3) is 8.03. The normalized spacial score (nSPS) is 17.4. The molecule has 5 aromatic rings. The van der Waals surface area contributed by atoms with E-state index in [2.05, 4.69) is 26.8 Å². The highest BCUT2D eigenvalue weighted by molar-refractivity contribution is 7.22. The Morgan fingerprint density at radius 1 is 1.10 bits per heavy atom. The number of ether oxygens (including phenoxy) is 4. The lowest BCUT2D eigenvalue weighted by Gasteiger charge is -2.32. The Hall–Kier alpha value is -4.27. The van der Waals surface area contributed by atoms with Gasteiger partial charge in [-0.25, -0.2) is 14.8 Å². The molecule has 7 rings (SSSR count). The summed E-state index contributed by atoms with van der Waals surface area (Å²) in [4.78, 5) is 27.4. The van der Waals surface area contributed by atoms with Crippen molar-refractivity contribution in [2.45, 2.75) is 38.4 Å². The van der Waals surface area contributed by atoms with Gasteiger partial charge in [-0.1, -0.05) is 35.9 Å². The van der Waals surface area contributed by atoms with Crippen molar-refractivity contribution < 1.29 is 37.7 Å². The molecule has 274 valence electrons. The van der Waals surface area contributed by atoms with Crippen molar-refractivity contribution in [2.75, 3.05) is 59.6 Å². The number of thiophene rings is 1. The predicted octanol–water partition coefficient (Wildman–Crippen LogP) is 6.98. The van der Waals surface area contributed by atoms with Crippen molar-refractivity contribution in [3.05, 3.63) is 77.0 Å². The number of furan rings is 1. The summed E-state index contributed by atoms with van der Waals surface area (Å²) < 4.78 is 43.9. The molecule has 5 heterocycles. The van der Waals surface area contributed by atoms with E-state index < -0.39 is 18.1 Å². The maximum absolute atomic E-state index is 14.3. The van der Waals surface area contributed by atoms with E-state index in [1.807, 2.05) is 43.3 Å². The first-order chi connectivity index (χ1) is 25.2. The van der Waals surface area contributed by atoms with Gasteiger partial charge in [0.2, 0.25) is 12.0 Å². The fourth-order valence-corrected chi connectivity index (χ4v) is 7.88. The third-order valence-corrected chi connectivity index (χ3v) is 11.1. The van der Waals surface area contributed by atoms with Crippen molar-refractivity contribution in [3.63, 3.8) is 0 Å². The van der Waals surface area contributed by atoms with E-state index in [0.717, 1.165) is 45.6 Å². The van der Waals surface area contributed by atoms with Crippen LogP contribution in [-0.2, 0) is 16.0 Å². The van der Waals surface area contributed by atoms with Gasteiger partial charge in [0.25, 0.3) is 6.01 Å². The fourth-order valence-electron chi connectivity index (χ4n) is 6.55. The number of aromatic nitrogens is 2. The molecule has 2 aliphatic heterocycles. The van der Waals surface area contributed by atoms with E-state index in [-0.39, 0.29) is 24.2 Å². The first-order valence-electron chi connectivity index (χ1n) is 17.3. The number of fused-ring (bicyclic) bond motifs is 1. The summed E-state index contributed by atoms with van der Waals surface area (Å²) in [6.45, 7) is 8.22. The summed E-state index contributed by atoms with van der Waals surface area (Å²) in [5, 5.41) is 11.3. The van der Waals surface area contributed by atoms with Crippen LogP contribution in [-0.4, -0.2) is 103 Å². The van der Waals surface area contributed by atoms with Gasteiger partial charge in [-0.2, -0.15) is 4.39 Å². The maximum atomic E-state index is 14.3. The lowest BCUT2D eigenvalue weighted by Crippen LogP contribution is -2.45. The molecule has 14 heteroatoms. The van der Waals surface area contributed by atoms with Crippen molar-refractivity contribution in [1.29, 1.82) is 0 Å². The third-order valence-electron chi connectivity index (χ3n) is 9.49. The number of para-hydroxylation sites is 1. The van der Waals surface area contributed by atoms with Crippen molar-refractivity contribution in [1.82, 2.24) is 19.8 Å². The number of hydrogen-bond acceptors (Lipinski definition) is 11. The molecule has 2 aliphatic rings. The molecule has 3 aromatic heterocycles. The number of hydrogen-bond donors (Lipinski definition) is 1. The van der Waals surface area contributed by atoms with E-state index in [1.54, 1.807) is 0 Å². The molecule has 2 fully saturated rings. The van der Waals surface area contributed by atoms with Gasteiger partial charge in [-0.15, -0.1) is 11.3 Å². The summed E-state index contributed by atoms with van der Waals surface area (Å²) in [6.07, 6.45) is 1.90. The highest BCUT2D eigenvalue weighted by Crippen LogP contribution is 2.49. The van der Waals surface area contributed by atoms with Gasteiger partial charge >= 0.3 is 5.97 Å². The molecule has 0 saturated carbocycles. The second kappa shape index (κ2) is 16.2. The van der Waals surface area contributed by atoms with Gasteiger partial charge in [0, 0.05) is 57.4 Å². The van der Waals surface area contributed by atoms with Crippen molar-refractivity contribution >= 4 is 39.1 Å². The number of likely N-dealkylation sites (N-methyl/N-ethyl adjacent to an activating group) is 1. The summed E-state index contributed by atoms with van der Waals surface area (Å²) >= 11 is 8.22. The van der Waals surface area contributed by atoms with Crippen LogP contribution in [0.3, 0.4) is 0 Å². The van der Waals surface area contributed by atoms with Crippen LogP contribution in [0.2, 0.25) is 5.02 Å². The summed E-state index contributed by atoms with van der Waals surface area (Å²) in [5.41, 5.74) is 2.64. The number of rotatable bonds is 14. The molecule has 0 radical (unpaired) electrons. The van der Waals surface area contributed by atoms with Gasteiger partial charge in [-0.05, 0) is 61.7 Å². The molecule has 52 heavy (non-hydrogen) atoms. The topological polar surface area (TPSA) is 120 Å². The molecular weight excluding hydrogens is 711 g/mol. The number of aliphatic carboxylic acids is 1. The molecule has 1 N–H and O–H groups in total. The van der Waals surface area contributed by atoms with E-state index >= 15 is 0 Å². The molecule has 2 aromatic carbocycles. The number of carboxylic acids is 1. The van der Waals surface area contributed by atoms with Crippen LogP contribution in [0, 0.1) is 12.9 Å². The minimum atomic E-state index is -1.33. The van der Waals surface area contributed by atoms with Crippen LogP contribution < -0.4 is 14.2 Å². The molecule has 0 spiro atoms. The van der Waals surface area contributed by atoms with Crippen LogP contribution in [0.4, 0.5) is 4.39 Å². The number of carbonyl (C=O) groups is 1. The number of nitrogens with zero attached hydrogens (tertiary/aromatic N) is 4. The molecule has 2 saturated heterocycles. The Morgan fingerprint density at radius 3 is 2.67 bits per heavy atom. The summed E-state index contributed by atoms with van der Waals surface area (Å²) in [7, 11) is 2.12. The predicted molar refractivity (Wildman–Crippen MR) is 196 cm³/mol. The molecular formula is C38H40ClFN4O7S. The van der Waals surface area contributed by atoms with E-state index in [0.29, 0.717) is 73.7 Å². The monoisotopic (exact) mass is 750 g/mol. The zero-order valence-corrected chi connectivity index (χ0v) is 30.6. The zero-order valence-electron chi connectivity index (χ0n) is 29.0. The summed E-state index contributed by atoms with van der Waals surface area (Å²) in [5.74, 6) is 0.263. The van der Waals surface area contributed by atoms with E-state index in [9.17, 15) is 14.3 Å². The average Bonchev–Trinajstić information content (AvgIpc) is 3.91. The van der Waals surface area contributed by atoms with Gasteiger partial charge in [0.1, 0.15) is 41.6 Å². The lowest BCUT2D eigenvalue weighted by atomic mass is 9.97. The van der Waals surface area contributed by atoms with Gasteiger partial charge < -0.3 is 33.4 Å². The SMILES string of the molecule is Cc1c(-c2c(-c3ccc(F)o3)sc3ncnc(O[C@H](Cc4ccccc4OC[C@H]4CCCO4)C(=O)O)c23)ccc(OCCN2CCN(C)CC2)c1Cl. The smallest absolute Gasteiger partial charge is 0.345 e. The van der Waals surface area contributed by atoms with Gasteiger partial charge in [-0.3, -0.25) is 4.90 Å². The molecule has 0 bridgehead atoms. The quantitative estimate of drug-likeness (QED) is 0.127. The minimum Gasteiger partial charge on any atom is -0.491 e. The Balaban J connectivity index is 1.21. The Bertz CT molecular complexity index is 2030. The highest BCUT2D eigenvalue weighted by atomic mass is 35.5. The molecule has 2 atom stereocenters. The van der Waals surface area contributed by atoms with E-state index in [1.165, 1.54) is 29.8 Å². The molecule has 0 unspecified atom stereocenters.